The Kier molecular flexibility index (Phi) is 5.68. The van der Waals surface area contributed by atoms with Crippen LogP contribution >= 0.6 is 0 Å². The minimum atomic E-state index is -0.223. The van der Waals surface area contributed by atoms with Gasteiger partial charge in [-0.3, -0.25) is 4.79 Å². The third-order valence-corrected chi connectivity index (χ3v) is 3.77. The van der Waals surface area contributed by atoms with Gasteiger partial charge in [0, 0.05) is 6.08 Å². The van der Waals surface area contributed by atoms with Crippen LogP contribution in [-0.4, -0.2) is 5.91 Å². The van der Waals surface area contributed by atoms with Crippen LogP contribution < -0.4 is 15.8 Å². The lowest BCUT2D eigenvalue weighted by Gasteiger charge is -2.06. The summed E-state index contributed by atoms with van der Waals surface area (Å²) >= 11 is 0. The van der Waals surface area contributed by atoms with Gasteiger partial charge in [0.2, 0.25) is 5.91 Å². The van der Waals surface area contributed by atoms with E-state index in [1.165, 1.54) is 6.08 Å². The molecule has 4 nitrogen and oxygen atoms in total. The van der Waals surface area contributed by atoms with Crippen LogP contribution in [0.1, 0.15) is 11.1 Å². The first-order valence-corrected chi connectivity index (χ1v) is 8.31. The van der Waals surface area contributed by atoms with Crippen molar-refractivity contribution in [3.63, 3.8) is 0 Å². The summed E-state index contributed by atoms with van der Waals surface area (Å²) in [5.41, 5.74) is 8.96. The second-order valence-electron chi connectivity index (χ2n) is 5.75. The van der Waals surface area contributed by atoms with Crippen LogP contribution in [0.5, 0.6) is 5.75 Å². The quantitative estimate of drug-likeness (QED) is 0.511. The summed E-state index contributed by atoms with van der Waals surface area (Å²) in [5.74, 6) is 0.618. The number of rotatable bonds is 6. The largest absolute Gasteiger partial charge is 0.489 e. The molecule has 130 valence electrons. The fourth-order valence-electron chi connectivity index (χ4n) is 2.37. The number of amides is 1. The molecule has 0 aromatic heterocycles. The van der Waals surface area contributed by atoms with Crippen LogP contribution in [0.25, 0.3) is 6.08 Å². The molecule has 3 rings (SSSR count). The Morgan fingerprint density at radius 3 is 2.35 bits per heavy atom. The molecule has 0 radical (unpaired) electrons. The van der Waals surface area contributed by atoms with E-state index in [1.807, 2.05) is 66.7 Å². The van der Waals surface area contributed by atoms with Crippen molar-refractivity contribution in [2.75, 3.05) is 11.1 Å². The Morgan fingerprint density at radius 1 is 0.923 bits per heavy atom. The Morgan fingerprint density at radius 2 is 1.62 bits per heavy atom. The van der Waals surface area contributed by atoms with Gasteiger partial charge in [0.15, 0.2) is 0 Å². The lowest BCUT2D eigenvalue weighted by atomic mass is 10.1. The van der Waals surface area contributed by atoms with Gasteiger partial charge in [-0.15, -0.1) is 0 Å². The average Bonchev–Trinajstić information content (AvgIpc) is 2.68. The van der Waals surface area contributed by atoms with Gasteiger partial charge in [0.1, 0.15) is 12.4 Å². The number of para-hydroxylation sites is 3. The molecule has 3 aromatic carbocycles. The van der Waals surface area contributed by atoms with Gasteiger partial charge in [0.05, 0.1) is 11.4 Å². The van der Waals surface area contributed by atoms with Crippen molar-refractivity contribution in [3.05, 3.63) is 96.1 Å². The molecule has 0 spiro atoms. The molecule has 4 heteroatoms. The zero-order valence-corrected chi connectivity index (χ0v) is 14.3. The van der Waals surface area contributed by atoms with E-state index in [4.69, 9.17) is 10.5 Å². The molecule has 0 aliphatic heterocycles. The van der Waals surface area contributed by atoms with Crippen molar-refractivity contribution in [2.45, 2.75) is 6.61 Å². The van der Waals surface area contributed by atoms with E-state index >= 15 is 0 Å². The smallest absolute Gasteiger partial charge is 0.248 e. The highest BCUT2D eigenvalue weighted by Gasteiger charge is 2.01. The van der Waals surface area contributed by atoms with Crippen molar-refractivity contribution < 1.29 is 9.53 Å². The molecule has 3 aromatic rings. The van der Waals surface area contributed by atoms with Crippen LogP contribution in [-0.2, 0) is 11.4 Å². The van der Waals surface area contributed by atoms with Crippen molar-refractivity contribution in [3.8, 4) is 5.75 Å². The fraction of sp³-hybridized carbons (Fsp3) is 0.0455. The van der Waals surface area contributed by atoms with Gasteiger partial charge < -0.3 is 15.8 Å². The number of benzene rings is 3. The normalized spacial score (nSPS) is 10.6. The molecule has 1 amide bonds. The van der Waals surface area contributed by atoms with E-state index in [-0.39, 0.29) is 5.91 Å². The minimum Gasteiger partial charge on any atom is -0.489 e. The second-order valence-corrected chi connectivity index (χ2v) is 5.75. The molecule has 0 saturated carbocycles. The van der Waals surface area contributed by atoms with E-state index in [9.17, 15) is 4.79 Å². The molecule has 0 aliphatic carbocycles. The Hall–Kier alpha value is -3.53. The Bertz CT molecular complexity index is 888. The molecule has 0 heterocycles. The van der Waals surface area contributed by atoms with Crippen molar-refractivity contribution >= 4 is 23.4 Å². The predicted molar refractivity (Wildman–Crippen MR) is 106 cm³/mol. The average molecular weight is 344 g/mol. The number of nitrogen functional groups attached to an aromatic ring is 1. The van der Waals surface area contributed by atoms with E-state index < -0.39 is 0 Å². The maximum Gasteiger partial charge on any atom is 0.248 e. The summed E-state index contributed by atoms with van der Waals surface area (Å²) in [4.78, 5) is 12.0. The minimum absolute atomic E-state index is 0.223. The third-order valence-electron chi connectivity index (χ3n) is 3.77. The number of carbonyl (C=O) groups excluding carboxylic acids is 1. The lowest BCUT2D eigenvalue weighted by Crippen LogP contribution is -2.09. The van der Waals surface area contributed by atoms with E-state index in [2.05, 4.69) is 5.32 Å². The standard InChI is InChI=1S/C22H20N2O2/c23-20-8-4-5-9-21(20)24-22(25)15-14-17-10-12-18(13-11-17)16-26-19-6-2-1-3-7-19/h1-15H,16,23H2,(H,24,25)/b15-14+. The van der Waals surface area contributed by atoms with E-state index in [1.54, 1.807) is 18.2 Å². The Labute approximate surface area is 152 Å². The van der Waals surface area contributed by atoms with E-state index in [0.29, 0.717) is 18.0 Å². The number of nitrogens with two attached hydrogens (primary N) is 1. The summed E-state index contributed by atoms with van der Waals surface area (Å²) in [6.07, 6.45) is 3.25. The molecular formula is C22H20N2O2. The SMILES string of the molecule is Nc1ccccc1NC(=O)/C=C/c1ccc(COc2ccccc2)cc1. The lowest BCUT2D eigenvalue weighted by molar-refractivity contribution is -0.111. The highest BCUT2D eigenvalue weighted by molar-refractivity contribution is 6.03. The summed E-state index contributed by atoms with van der Waals surface area (Å²) < 4.78 is 5.71. The summed E-state index contributed by atoms with van der Waals surface area (Å²) in [6.45, 7) is 0.502. The molecule has 3 N–H and O–H groups in total. The molecule has 0 atom stereocenters. The highest BCUT2D eigenvalue weighted by Crippen LogP contribution is 2.17. The van der Waals surface area contributed by atoms with Crippen molar-refractivity contribution in [2.24, 2.45) is 0 Å². The summed E-state index contributed by atoms with van der Waals surface area (Å²) in [6, 6.07) is 24.7. The zero-order chi connectivity index (χ0) is 18.2. The maximum absolute atomic E-state index is 12.0. The van der Waals surface area contributed by atoms with Crippen LogP contribution in [0.4, 0.5) is 11.4 Å². The van der Waals surface area contributed by atoms with Gasteiger partial charge in [-0.1, -0.05) is 54.6 Å². The number of hydrogen-bond acceptors (Lipinski definition) is 3. The van der Waals surface area contributed by atoms with Gasteiger partial charge in [-0.2, -0.15) is 0 Å². The van der Waals surface area contributed by atoms with Gasteiger partial charge >= 0.3 is 0 Å². The number of ether oxygens (including phenoxy) is 1. The first kappa shape index (κ1) is 17.3. The molecule has 0 fully saturated rings. The highest BCUT2D eigenvalue weighted by atomic mass is 16.5. The van der Waals surface area contributed by atoms with Crippen LogP contribution in [0, 0.1) is 0 Å². The van der Waals surface area contributed by atoms with Gasteiger partial charge in [-0.25, -0.2) is 0 Å². The second kappa shape index (κ2) is 8.53. The molecule has 0 saturated heterocycles. The first-order chi connectivity index (χ1) is 12.7. The molecule has 26 heavy (non-hydrogen) atoms. The molecule has 0 bridgehead atoms. The van der Waals surface area contributed by atoms with Crippen molar-refractivity contribution in [1.82, 2.24) is 0 Å². The van der Waals surface area contributed by atoms with Gasteiger partial charge in [0.25, 0.3) is 0 Å². The van der Waals surface area contributed by atoms with Crippen LogP contribution in [0.2, 0.25) is 0 Å². The predicted octanol–water partition coefficient (Wildman–Crippen LogP) is 4.50. The Balaban J connectivity index is 1.54. The van der Waals surface area contributed by atoms with Crippen LogP contribution in [0.3, 0.4) is 0 Å². The summed E-state index contributed by atoms with van der Waals surface area (Å²) in [7, 11) is 0. The number of carbonyl (C=O) groups is 1. The maximum atomic E-state index is 12.0. The monoisotopic (exact) mass is 344 g/mol. The van der Waals surface area contributed by atoms with Gasteiger partial charge in [-0.05, 0) is 41.5 Å². The zero-order valence-electron chi connectivity index (χ0n) is 14.3. The number of anilines is 2. The van der Waals surface area contributed by atoms with E-state index in [0.717, 1.165) is 16.9 Å². The molecule has 0 aliphatic rings. The van der Waals surface area contributed by atoms with Crippen molar-refractivity contribution in [1.29, 1.82) is 0 Å². The number of nitrogens with one attached hydrogen (secondary N) is 1. The third kappa shape index (κ3) is 4.98. The topological polar surface area (TPSA) is 64.3 Å². The summed E-state index contributed by atoms with van der Waals surface area (Å²) in [5, 5.41) is 2.76. The number of hydrogen-bond donors (Lipinski definition) is 2. The molecular weight excluding hydrogens is 324 g/mol. The van der Waals surface area contributed by atoms with Crippen LogP contribution in [0.15, 0.2) is 84.9 Å². The first-order valence-electron chi connectivity index (χ1n) is 8.31. The molecule has 0 unspecified atom stereocenters. The fourth-order valence-corrected chi connectivity index (χ4v) is 2.37.